The van der Waals surface area contributed by atoms with Crippen LogP contribution in [-0.2, 0) is 25.5 Å². The van der Waals surface area contributed by atoms with Crippen molar-refractivity contribution in [2.75, 3.05) is 13.1 Å². The zero-order valence-corrected chi connectivity index (χ0v) is 17.0. The molecule has 1 aromatic heterocycles. The first-order chi connectivity index (χ1) is 13.1. The predicted octanol–water partition coefficient (Wildman–Crippen LogP) is 1.36. The largest absolute Gasteiger partial charge is 0.453 e. The van der Waals surface area contributed by atoms with Crippen molar-refractivity contribution in [3.63, 3.8) is 0 Å². The zero-order valence-electron chi connectivity index (χ0n) is 17.0. The Morgan fingerprint density at radius 1 is 1.32 bits per heavy atom. The van der Waals surface area contributed by atoms with Gasteiger partial charge in [0.05, 0.1) is 12.2 Å². The van der Waals surface area contributed by atoms with Gasteiger partial charge in [0.25, 0.3) is 11.5 Å². The van der Waals surface area contributed by atoms with Crippen LogP contribution in [0.15, 0.2) is 4.79 Å². The van der Waals surface area contributed by atoms with Gasteiger partial charge >= 0.3 is 5.97 Å². The molecular formula is C20H27N3O5. The molecule has 2 heterocycles. The quantitative estimate of drug-likeness (QED) is 0.761. The number of esters is 1. The van der Waals surface area contributed by atoms with Gasteiger partial charge in [0.1, 0.15) is 11.6 Å². The molecule has 3 unspecified atom stereocenters. The van der Waals surface area contributed by atoms with E-state index in [-0.39, 0.29) is 30.1 Å². The van der Waals surface area contributed by atoms with E-state index in [1.807, 2.05) is 19.9 Å². The average Bonchev–Trinajstić information content (AvgIpc) is 2.59. The van der Waals surface area contributed by atoms with E-state index in [1.54, 1.807) is 25.7 Å². The summed E-state index contributed by atoms with van der Waals surface area (Å²) in [6.07, 6.45) is -0.634. The Hall–Kier alpha value is -2.66. The maximum absolute atomic E-state index is 12.5. The molecule has 2 rings (SSSR count). The van der Waals surface area contributed by atoms with Crippen LogP contribution in [0.1, 0.15) is 49.6 Å². The fraction of sp³-hybridized carbons (Fsp3) is 0.600. The number of aryl methyl sites for hydroxylation is 1. The molecule has 0 spiro atoms. The van der Waals surface area contributed by atoms with Gasteiger partial charge in [-0.1, -0.05) is 0 Å². The number of carbonyl (C=O) groups excluding carboxylic acids is 2. The summed E-state index contributed by atoms with van der Waals surface area (Å²) in [5, 5.41) is 9.12. The lowest BCUT2D eigenvalue weighted by Crippen LogP contribution is -2.51. The molecule has 28 heavy (non-hydrogen) atoms. The number of rotatable bonds is 5. The Kier molecular flexibility index (Phi) is 6.97. The number of nitrogens with one attached hydrogen (secondary N) is 1. The molecule has 1 aliphatic rings. The van der Waals surface area contributed by atoms with Crippen LogP contribution in [0.3, 0.4) is 0 Å². The molecule has 1 N–H and O–H groups in total. The van der Waals surface area contributed by atoms with Gasteiger partial charge in [0, 0.05) is 25.2 Å². The van der Waals surface area contributed by atoms with Crippen molar-refractivity contribution in [1.82, 2.24) is 9.88 Å². The average molecular weight is 389 g/mol. The molecule has 1 aliphatic heterocycles. The lowest BCUT2D eigenvalue weighted by molar-refractivity contribution is -0.164. The first kappa shape index (κ1) is 21.6. The van der Waals surface area contributed by atoms with Crippen molar-refractivity contribution in [2.45, 2.75) is 65.8 Å². The Morgan fingerprint density at radius 2 is 1.93 bits per heavy atom. The Labute approximate surface area is 164 Å². The second-order valence-electron chi connectivity index (χ2n) is 7.30. The molecule has 1 fully saturated rings. The smallest absolute Gasteiger partial charge is 0.306 e. The molecule has 3 atom stereocenters. The number of amides is 1. The van der Waals surface area contributed by atoms with E-state index in [9.17, 15) is 14.4 Å². The molecule has 1 aromatic rings. The fourth-order valence-corrected chi connectivity index (χ4v) is 3.57. The van der Waals surface area contributed by atoms with Crippen LogP contribution in [0.25, 0.3) is 0 Å². The summed E-state index contributed by atoms with van der Waals surface area (Å²) in [6, 6.07) is 1.89. The van der Waals surface area contributed by atoms with Gasteiger partial charge in [-0.05, 0) is 52.2 Å². The van der Waals surface area contributed by atoms with E-state index < -0.39 is 17.6 Å². The van der Waals surface area contributed by atoms with Crippen LogP contribution < -0.4 is 5.56 Å². The van der Waals surface area contributed by atoms with Gasteiger partial charge < -0.3 is 19.4 Å². The van der Waals surface area contributed by atoms with Gasteiger partial charge in [0.2, 0.25) is 0 Å². The van der Waals surface area contributed by atoms with Crippen LogP contribution in [-0.4, -0.2) is 53.2 Å². The molecule has 0 aliphatic carbocycles. The molecule has 1 saturated heterocycles. The normalized spacial score (nSPS) is 20.4. The van der Waals surface area contributed by atoms with Crippen molar-refractivity contribution in [1.29, 1.82) is 5.26 Å². The van der Waals surface area contributed by atoms with Crippen molar-refractivity contribution < 1.29 is 19.1 Å². The Balaban J connectivity index is 1.97. The monoisotopic (exact) mass is 389 g/mol. The van der Waals surface area contributed by atoms with E-state index in [2.05, 4.69) is 4.98 Å². The third-order valence-corrected chi connectivity index (χ3v) is 4.89. The van der Waals surface area contributed by atoms with Crippen molar-refractivity contribution in [3.8, 4) is 6.07 Å². The van der Waals surface area contributed by atoms with Crippen LogP contribution in [0, 0.1) is 25.2 Å². The highest BCUT2D eigenvalue weighted by atomic mass is 16.5. The standard InChI is InChI=1S/C20H27N3O5/c1-11-9-23(10-12(2)27-11)20(26)15(5)28-18(24)7-6-16-13(3)17(8-21)19(25)22-14(16)4/h11-12,15H,6-7,9-10H2,1-5H3,(H,22,25). The summed E-state index contributed by atoms with van der Waals surface area (Å²) in [5.41, 5.74) is 1.54. The van der Waals surface area contributed by atoms with Gasteiger partial charge in [-0.15, -0.1) is 0 Å². The number of H-pyrrole nitrogens is 1. The fourth-order valence-electron chi connectivity index (χ4n) is 3.57. The first-order valence-corrected chi connectivity index (χ1v) is 9.40. The third kappa shape index (κ3) is 4.98. The molecule has 8 heteroatoms. The van der Waals surface area contributed by atoms with Crippen molar-refractivity contribution in [3.05, 3.63) is 32.7 Å². The number of ether oxygens (including phenoxy) is 2. The SMILES string of the molecule is Cc1[nH]c(=O)c(C#N)c(C)c1CCC(=O)OC(C)C(=O)N1CC(C)OC(C)C1. The highest BCUT2D eigenvalue weighted by Crippen LogP contribution is 2.16. The first-order valence-electron chi connectivity index (χ1n) is 9.40. The van der Waals surface area contributed by atoms with Crippen molar-refractivity contribution >= 4 is 11.9 Å². The second-order valence-corrected chi connectivity index (χ2v) is 7.30. The molecule has 0 radical (unpaired) electrons. The Bertz CT molecular complexity index is 845. The predicted molar refractivity (Wildman–Crippen MR) is 102 cm³/mol. The van der Waals surface area contributed by atoms with E-state index in [1.165, 1.54) is 0 Å². The molecule has 0 aromatic carbocycles. The number of pyridine rings is 1. The number of nitrogens with zero attached hydrogens (tertiary/aromatic N) is 2. The van der Waals surface area contributed by atoms with Crippen LogP contribution >= 0.6 is 0 Å². The van der Waals surface area contributed by atoms with Gasteiger partial charge in [-0.2, -0.15) is 5.26 Å². The minimum absolute atomic E-state index is 0.0477. The van der Waals surface area contributed by atoms with E-state index in [4.69, 9.17) is 14.7 Å². The number of hydrogen-bond donors (Lipinski definition) is 1. The summed E-state index contributed by atoms with van der Waals surface area (Å²) < 4.78 is 10.9. The van der Waals surface area contributed by atoms with Crippen LogP contribution in [0.5, 0.6) is 0 Å². The zero-order chi connectivity index (χ0) is 21.0. The molecule has 152 valence electrons. The van der Waals surface area contributed by atoms with E-state index in [0.717, 1.165) is 5.56 Å². The summed E-state index contributed by atoms with van der Waals surface area (Å²) in [4.78, 5) is 40.8. The maximum Gasteiger partial charge on any atom is 0.306 e. The van der Waals surface area contributed by atoms with E-state index >= 15 is 0 Å². The van der Waals surface area contributed by atoms with Gasteiger partial charge in [-0.3, -0.25) is 14.4 Å². The minimum Gasteiger partial charge on any atom is -0.453 e. The molecule has 0 saturated carbocycles. The Morgan fingerprint density at radius 3 is 2.50 bits per heavy atom. The number of morpholine rings is 1. The molecule has 1 amide bonds. The number of nitriles is 1. The summed E-state index contributed by atoms with van der Waals surface area (Å²) in [6.45, 7) is 9.72. The maximum atomic E-state index is 12.5. The van der Waals surface area contributed by atoms with Gasteiger partial charge in [-0.25, -0.2) is 0 Å². The third-order valence-electron chi connectivity index (χ3n) is 4.89. The topological polar surface area (TPSA) is 112 Å². The van der Waals surface area contributed by atoms with Crippen molar-refractivity contribution in [2.24, 2.45) is 0 Å². The summed E-state index contributed by atoms with van der Waals surface area (Å²) in [7, 11) is 0. The number of aromatic amines is 1. The summed E-state index contributed by atoms with van der Waals surface area (Å²) in [5.74, 6) is -0.739. The van der Waals surface area contributed by atoms with Crippen LogP contribution in [0.2, 0.25) is 0 Å². The molecule has 8 nitrogen and oxygen atoms in total. The number of aromatic nitrogens is 1. The number of carbonyl (C=O) groups is 2. The lowest BCUT2D eigenvalue weighted by Gasteiger charge is -2.36. The van der Waals surface area contributed by atoms with Crippen LogP contribution in [0.4, 0.5) is 0 Å². The number of hydrogen-bond acceptors (Lipinski definition) is 6. The lowest BCUT2D eigenvalue weighted by atomic mass is 9.99. The second kappa shape index (κ2) is 9.02. The highest BCUT2D eigenvalue weighted by molar-refractivity contribution is 5.83. The minimum atomic E-state index is -0.877. The molecular weight excluding hydrogens is 362 g/mol. The van der Waals surface area contributed by atoms with Gasteiger partial charge in [0.15, 0.2) is 6.10 Å². The molecule has 0 bridgehead atoms. The highest BCUT2D eigenvalue weighted by Gasteiger charge is 2.30. The summed E-state index contributed by atoms with van der Waals surface area (Å²) >= 11 is 0. The van der Waals surface area contributed by atoms with E-state index in [0.29, 0.717) is 30.8 Å².